The molecule has 3 atom stereocenters. The van der Waals surface area contributed by atoms with Crippen LogP contribution in [0.2, 0.25) is 0 Å². The standard InChI is InChI=1S/C25H32O4/c1-17(2)21(28-23(26)19-13-9-7-10-14-19)18(3)22(25(4,5)6)29-24(27)20-15-11-8-12-16-20/h7-18,21-22H,1-6H3. The number of rotatable bonds is 7. The predicted molar refractivity (Wildman–Crippen MR) is 115 cm³/mol. The fourth-order valence-electron chi connectivity index (χ4n) is 3.62. The van der Waals surface area contributed by atoms with Crippen LogP contribution in [0.5, 0.6) is 0 Å². The number of carbonyl (C=O) groups is 2. The van der Waals surface area contributed by atoms with E-state index in [1.807, 2.05) is 77.9 Å². The van der Waals surface area contributed by atoms with Crippen molar-refractivity contribution in [3.8, 4) is 0 Å². The maximum atomic E-state index is 12.7. The monoisotopic (exact) mass is 396 g/mol. The van der Waals surface area contributed by atoms with Crippen LogP contribution >= 0.6 is 0 Å². The van der Waals surface area contributed by atoms with Gasteiger partial charge in [-0.2, -0.15) is 0 Å². The Kier molecular flexibility index (Phi) is 7.60. The van der Waals surface area contributed by atoms with E-state index in [0.29, 0.717) is 11.1 Å². The van der Waals surface area contributed by atoms with E-state index in [4.69, 9.17) is 9.47 Å². The number of hydrogen-bond acceptors (Lipinski definition) is 4. The van der Waals surface area contributed by atoms with E-state index in [-0.39, 0.29) is 29.2 Å². The summed E-state index contributed by atoms with van der Waals surface area (Å²) in [5, 5.41) is 0. The van der Waals surface area contributed by atoms with Gasteiger partial charge >= 0.3 is 11.9 Å². The molecule has 3 unspecified atom stereocenters. The van der Waals surface area contributed by atoms with Crippen LogP contribution in [0.15, 0.2) is 60.7 Å². The summed E-state index contributed by atoms with van der Waals surface area (Å²) < 4.78 is 11.8. The molecule has 0 radical (unpaired) electrons. The lowest BCUT2D eigenvalue weighted by atomic mass is 9.77. The molecule has 0 spiro atoms. The van der Waals surface area contributed by atoms with Gasteiger partial charge in [-0.25, -0.2) is 9.59 Å². The average molecular weight is 397 g/mol. The van der Waals surface area contributed by atoms with Gasteiger partial charge in [-0.15, -0.1) is 0 Å². The zero-order valence-electron chi connectivity index (χ0n) is 18.2. The third-order valence-corrected chi connectivity index (χ3v) is 5.00. The second-order valence-corrected chi connectivity index (χ2v) is 8.90. The Morgan fingerprint density at radius 1 is 0.724 bits per heavy atom. The van der Waals surface area contributed by atoms with E-state index in [9.17, 15) is 9.59 Å². The zero-order valence-corrected chi connectivity index (χ0v) is 18.2. The summed E-state index contributed by atoms with van der Waals surface area (Å²) in [4.78, 5) is 25.4. The molecule has 0 bridgehead atoms. The van der Waals surface area contributed by atoms with Crippen molar-refractivity contribution >= 4 is 11.9 Å². The second kappa shape index (κ2) is 9.73. The van der Waals surface area contributed by atoms with Crippen molar-refractivity contribution in [1.29, 1.82) is 0 Å². The van der Waals surface area contributed by atoms with Crippen LogP contribution in [0.1, 0.15) is 62.3 Å². The van der Waals surface area contributed by atoms with E-state index in [1.54, 1.807) is 24.3 Å². The molecule has 2 rings (SSSR count). The fraction of sp³-hybridized carbons (Fsp3) is 0.440. The first-order chi connectivity index (χ1) is 13.6. The summed E-state index contributed by atoms with van der Waals surface area (Å²) in [6.07, 6.45) is -0.818. The Morgan fingerprint density at radius 2 is 1.14 bits per heavy atom. The van der Waals surface area contributed by atoms with E-state index in [0.717, 1.165) is 0 Å². The molecule has 0 N–H and O–H groups in total. The zero-order chi connectivity index (χ0) is 21.6. The Morgan fingerprint density at radius 3 is 1.52 bits per heavy atom. The molecular weight excluding hydrogens is 364 g/mol. The van der Waals surface area contributed by atoms with Crippen molar-refractivity contribution < 1.29 is 19.1 Å². The number of carbonyl (C=O) groups excluding carboxylic acids is 2. The second-order valence-electron chi connectivity index (χ2n) is 8.90. The van der Waals surface area contributed by atoms with Gasteiger partial charge < -0.3 is 9.47 Å². The lowest BCUT2D eigenvalue weighted by Crippen LogP contribution is -2.45. The molecule has 2 aromatic carbocycles. The molecule has 29 heavy (non-hydrogen) atoms. The minimum atomic E-state index is -0.425. The first-order valence-electron chi connectivity index (χ1n) is 10.1. The largest absolute Gasteiger partial charge is 0.458 e. The van der Waals surface area contributed by atoms with Crippen LogP contribution in [-0.4, -0.2) is 24.1 Å². The Labute approximate surface area is 174 Å². The summed E-state index contributed by atoms with van der Waals surface area (Å²) in [6, 6.07) is 17.9. The highest BCUT2D eigenvalue weighted by molar-refractivity contribution is 5.90. The van der Waals surface area contributed by atoms with Gasteiger partial charge in [0.1, 0.15) is 12.2 Å². The highest BCUT2D eigenvalue weighted by Gasteiger charge is 2.40. The smallest absolute Gasteiger partial charge is 0.338 e. The van der Waals surface area contributed by atoms with Crippen LogP contribution in [-0.2, 0) is 9.47 Å². The average Bonchev–Trinajstić information content (AvgIpc) is 2.69. The van der Waals surface area contributed by atoms with Gasteiger partial charge in [-0.3, -0.25) is 0 Å². The minimum absolute atomic E-state index is 0.0675. The van der Waals surface area contributed by atoms with Crippen LogP contribution in [0.3, 0.4) is 0 Å². The molecule has 0 saturated carbocycles. The number of benzene rings is 2. The number of esters is 2. The van der Waals surface area contributed by atoms with Crippen molar-refractivity contribution in [2.75, 3.05) is 0 Å². The minimum Gasteiger partial charge on any atom is -0.458 e. The van der Waals surface area contributed by atoms with Crippen LogP contribution in [0.25, 0.3) is 0 Å². The summed E-state index contributed by atoms with van der Waals surface area (Å²) >= 11 is 0. The predicted octanol–water partition coefficient (Wildman–Crippen LogP) is 5.78. The van der Waals surface area contributed by atoms with Crippen molar-refractivity contribution in [2.24, 2.45) is 17.3 Å². The normalized spacial score (nSPS) is 14.7. The van der Waals surface area contributed by atoms with Gasteiger partial charge in [0.25, 0.3) is 0 Å². The summed E-state index contributed by atoms with van der Waals surface area (Å²) in [6.45, 7) is 12.1. The SMILES string of the molecule is CC(C)C(OC(=O)c1ccccc1)C(C)C(OC(=O)c1ccccc1)C(C)(C)C. The van der Waals surface area contributed by atoms with E-state index in [2.05, 4.69) is 0 Å². The molecule has 0 saturated heterocycles. The van der Waals surface area contributed by atoms with Crippen molar-refractivity contribution in [2.45, 2.75) is 53.8 Å². The lowest BCUT2D eigenvalue weighted by molar-refractivity contribution is -0.0741. The van der Waals surface area contributed by atoms with Crippen molar-refractivity contribution in [3.63, 3.8) is 0 Å². The van der Waals surface area contributed by atoms with Crippen molar-refractivity contribution in [1.82, 2.24) is 0 Å². The molecule has 0 fully saturated rings. The molecule has 156 valence electrons. The van der Waals surface area contributed by atoms with Crippen LogP contribution in [0.4, 0.5) is 0 Å². The summed E-state index contributed by atoms with van der Waals surface area (Å²) in [5.41, 5.74) is 0.700. The number of hydrogen-bond donors (Lipinski definition) is 0. The van der Waals surface area contributed by atoms with Crippen molar-refractivity contribution in [3.05, 3.63) is 71.8 Å². The Hall–Kier alpha value is -2.62. The first-order valence-corrected chi connectivity index (χ1v) is 10.1. The summed E-state index contributed by atoms with van der Waals surface area (Å²) in [5.74, 6) is -0.847. The third kappa shape index (κ3) is 6.18. The maximum Gasteiger partial charge on any atom is 0.338 e. The highest BCUT2D eigenvalue weighted by Crippen LogP contribution is 2.34. The summed E-state index contributed by atoms with van der Waals surface area (Å²) in [7, 11) is 0. The highest BCUT2D eigenvalue weighted by atomic mass is 16.6. The Bertz CT molecular complexity index is 791. The fourth-order valence-corrected chi connectivity index (χ4v) is 3.62. The third-order valence-electron chi connectivity index (χ3n) is 5.00. The molecule has 0 aliphatic rings. The molecular formula is C25H32O4. The topological polar surface area (TPSA) is 52.6 Å². The van der Waals surface area contributed by atoms with Gasteiger partial charge in [0, 0.05) is 5.92 Å². The maximum absolute atomic E-state index is 12.7. The molecule has 4 heteroatoms. The van der Waals surface area contributed by atoms with Gasteiger partial charge in [-0.1, -0.05) is 77.9 Å². The quantitative estimate of drug-likeness (QED) is 0.557. The Balaban J connectivity index is 2.23. The lowest BCUT2D eigenvalue weighted by Gasteiger charge is -2.39. The molecule has 0 heterocycles. The molecule has 4 nitrogen and oxygen atoms in total. The van der Waals surface area contributed by atoms with Crippen LogP contribution < -0.4 is 0 Å². The van der Waals surface area contributed by atoms with E-state index >= 15 is 0 Å². The van der Waals surface area contributed by atoms with E-state index < -0.39 is 12.2 Å². The molecule has 0 aliphatic carbocycles. The molecule has 2 aromatic rings. The molecule has 0 amide bonds. The van der Waals surface area contributed by atoms with Gasteiger partial charge in [-0.05, 0) is 35.6 Å². The van der Waals surface area contributed by atoms with Gasteiger partial charge in [0.05, 0.1) is 11.1 Å². The van der Waals surface area contributed by atoms with Gasteiger partial charge in [0.15, 0.2) is 0 Å². The first kappa shape index (κ1) is 22.7. The molecule has 0 aliphatic heterocycles. The molecule has 0 aromatic heterocycles. The number of ether oxygens (including phenoxy) is 2. The van der Waals surface area contributed by atoms with Gasteiger partial charge in [0.2, 0.25) is 0 Å². The van der Waals surface area contributed by atoms with E-state index in [1.165, 1.54) is 0 Å². The van der Waals surface area contributed by atoms with Crippen LogP contribution in [0, 0.1) is 17.3 Å².